The first-order valence-corrected chi connectivity index (χ1v) is 8.42. The molecule has 1 amide bonds. The molecule has 2 rings (SSSR count). The molecule has 1 aliphatic heterocycles. The van der Waals surface area contributed by atoms with Gasteiger partial charge in [-0.25, -0.2) is 9.38 Å². The van der Waals surface area contributed by atoms with Crippen LogP contribution in [0, 0.1) is 5.82 Å². The topological polar surface area (TPSA) is 47.9 Å². The van der Waals surface area contributed by atoms with Crippen LogP contribution in [0.4, 0.5) is 4.39 Å². The van der Waals surface area contributed by atoms with Crippen molar-refractivity contribution in [3.63, 3.8) is 0 Å². The predicted molar refractivity (Wildman–Crippen MR) is 108 cm³/mol. The van der Waals surface area contributed by atoms with Gasteiger partial charge in [-0.15, -0.1) is 24.0 Å². The van der Waals surface area contributed by atoms with Crippen molar-refractivity contribution in [1.82, 2.24) is 15.1 Å². The van der Waals surface area contributed by atoms with Crippen molar-refractivity contribution in [3.05, 3.63) is 33.5 Å². The molecule has 0 unspecified atom stereocenters. The quantitative estimate of drug-likeness (QED) is 0.385. The lowest BCUT2D eigenvalue weighted by Gasteiger charge is -2.32. The Balaban J connectivity index is 0.00000288. The minimum Gasteiger partial charge on any atom is -0.356 e. The number of likely N-dealkylation sites (N-methyl/N-ethyl adjacent to an activating group) is 1. The molecular formula is C16H23BrFIN4O. The summed E-state index contributed by atoms with van der Waals surface area (Å²) in [4.78, 5) is 19.6. The van der Waals surface area contributed by atoms with Gasteiger partial charge in [0, 0.05) is 43.8 Å². The largest absolute Gasteiger partial charge is 0.356 e. The van der Waals surface area contributed by atoms with Gasteiger partial charge in [0.25, 0.3) is 0 Å². The van der Waals surface area contributed by atoms with Gasteiger partial charge in [0.1, 0.15) is 12.4 Å². The molecule has 1 aromatic rings. The van der Waals surface area contributed by atoms with E-state index >= 15 is 0 Å². The lowest BCUT2D eigenvalue weighted by atomic mass is 9.99. The van der Waals surface area contributed by atoms with E-state index in [0.717, 1.165) is 23.0 Å². The van der Waals surface area contributed by atoms with Crippen LogP contribution in [0.2, 0.25) is 0 Å². The van der Waals surface area contributed by atoms with E-state index in [1.54, 1.807) is 20.2 Å². The van der Waals surface area contributed by atoms with E-state index in [2.05, 4.69) is 26.2 Å². The normalized spacial score (nSPS) is 13.9. The van der Waals surface area contributed by atoms with Crippen LogP contribution in [0.25, 0.3) is 0 Å². The van der Waals surface area contributed by atoms with Gasteiger partial charge in [0.15, 0.2) is 5.96 Å². The molecule has 5 nitrogen and oxygen atoms in total. The number of guanidine groups is 1. The first-order valence-electron chi connectivity index (χ1n) is 7.63. The molecule has 134 valence electrons. The van der Waals surface area contributed by atoms with Crippen molar-refractivity contribution in [2.24, 2.45) is 4.99 Å². The zero-order valence-corrected chi connectivity index (χ0v) is 18.0. The number of fused-ring (bicyclic) bond motifs is 1. The number of rotatable bonds is 3. The molecule has 1 heterocycles. The highest BCUT2D eigenvalue weighted by Gasteiger charge is 2.23. The second kappa shape index (κ2) is 9.55. The first-order chi connectivity index (χ1) is 10.9. The number of carbonyl (C=O) groups excluding carboxylic acids is 1. The van der Waals surface area contributed by atoms with Gasteiger partial charge in [-0.05, 0) is 31.0 Å². The number of amides is 1. The molecule has 0 radical (unpaired) electrons. The SMILES string of the molecule is CCNC(=NCC(=O)N(C)C)N1CCc2c(Br)ccc(F)c2C1.I. The number of aliphatic imine (C=N–C) groups is 1. The standard InChI is InChI=1S/C16H22BrFN4O.HI/c1-4-19-16(20-9-15(23)21(2)3)22-8-7-11-12(10-22)14(18)6-5-13(11)17;/h5-6H,4,7-10H2,1-3H3,(H,19,20);1H. The Bertz CT molecular complexity index is 624. The first kappa shape index (κ1) is 21.1. The summed E-state index contributed by atoms with van der Waals surface area (Å²) >= 11 is 3.49. The summed E-state index contributed by atoms with van der Waals surface area (Å²) in [5, 5.41) is 3.18. The van der Waals surface area contributed by atoms with Gasteiger partial charge in [-0.3, -0.25) is 4.79 Å². The van der Waals surface area contributed by atoms with Crippen LogP contribution < -0.4 is 5.32 Å². The van der Waals surface area contributed by atoms with Crippen molar-refractivity contribution in [2.75, 3.05) is 33.7 Å². The van der Waals surface area contributed by atoms with Gasteiger partial charge >= 0.3 is 0 Å². The number of benzene rings is 1. The van der Waals surface area contributed by atoms with E-state index in [1.807, 2.05) is 11.8 Å². The number of nitrogens with zero attached hydrogens (tertiary/aromatic N) is 3. The maximum Gasteiger partial charge on any atom is 0.243 e. The summed E-state index contributed by atoms with van der Waals surface area (Å²) in [5.41, 5.74) is 1.71. The Morgan fingerprint density at radius 1 is 1.42 bits per heavy atom. The zero-order chi connectivity index (χ0) is 17.0. The number of carbonyl (C=O) groups is 1. The third-order valence-corrected chi connectivity index (χ3v) is 4.54. The van der Waals surface area contributed by atoms with Gasteiger partial charge in [0.05, 0.1) is 0 Å². The average Bonchev–Trinajstić information content (AvgIpc) is 2.54. The third kappa shape index (κ3) is 5.05. The van der Waals surface area contributed by atoms with Crippen molar-refractivity contribution in [1.29, 1.82) is 0 Å². The smallest absolute Gasteiger partial charge is 0.243 e. The van der Waals surface area contributed by atoms with Crippen molar-refractivity contribution < 1.29 is 9.18 Å². The van der Waals surface area contributed by atoms with Crippen LogP contribution in [-0.2, 0) is 17.8 Å². The van der Waals surface area contributed by atoms with E-state index in [4.69, 9.17) is 0 Å². The minimum atomic E-state index is -0.201. The predicted octanol–water partition coefficient (Wildman–Crippen LogP) is 2.62. The Morgan fingerprint density at radius 2 is 2.12 bits per heavy atom. The fourth-order valence-electron chi connectivity index (χ4n) is 2.48. The molecule has 1 aliphatic rings. The molecule has 0 aromatic heterocycles. The van der Waals surface area contributed by atoms with Gasteiger partial charge in [-0.1, -0.05) is 15.9 Å². The summed E-state index contributed by atoms with van der Waals surface area (Å²) in [6.45, 7) is 3.93. The fraction of sp³-hybridized carbons (Fsp3) is 0.500. The van der Waals surface area contributed by atoms with Crippen LogP contribution in [0.3, 0.4) is 0 Å². The number of halogens is 3. The summed E-state index contributed by atoms with van der Waals surface area (Å²) in [5.74, 6) is 0.382. The van der Waals surface area contributed by atoms with E-state index in [-0.39, 0.29) is 42.2 Å². The average molecular weight is 513 g/mol. The molecule has 0 saturated carbocycles. The molecule has 1 N–H and O–H groups in total. The van der Waals surface area contributed by atoms with Crippen LogP contribution in [-0.4, -0.2) is 55.4 Å². The molecule has 8 heteroatoms. The highest BCUT2D eigenvalue weighted by Crippen LogP contribution is 2.28. The second-order valence-electron chi connectivity index (χ2n) is 5.62. The number of nitrogens with one attached hydrogen (secondary N) is 1. The zero-order valence-electron chi connectivity index (χ0n) is 14.1. The summed E-state index contributed by atoms with van der Waals surface area (Å²) in [6, 6.07) is 3.23. The van der Waals surface area contributed by atoms with E-state index in [1.165, 1.54) is 11.0 Å². The molecule has 0 aliphatic carbocycles. The molecule has 0 atom stereocenters. The lowest BCUT2D eigenvalue weighted by molar-refractivity contribution is -0.127. The number of hydrogen-bond acceptors (Lipinski definition) is 2. The third-order valence-electron chi connectivity index (χ3n) is 3.79. The second-order valence-corrected chi connectivity index (χ2v) is 6.47. The van der Waals surface area contributed by atoms with E-state index in [0.29, 0.717) is 24.6 Å². The maximum atomic E-state index is 14.1. The van der Waals surface area contributed by atoms with Crippen LogP contribution in [0.5, 0.6) is 0 Å². The van der Waals surface area contributed by atoms with Crippen LogP contribution in [0.1, 0.15) is 18.1 Å². The van der Waals surface area contributed by atoms with Crippen LogP contribution in [0.15, 0.2) is 21.6 Å². The molecule has 24 heavy (non-hydrogen) atoms. The molecule has 0 saturated heterocycles. The molecular weight excluding hydrogens is 490 g/mol. The Hall–Kier alpha value is -0.900. The highest BCUT2D eigenvalue weighted by molar-refractivity contribution is 14.0. The Kier molecular flexibility index (Phi) is 8.41. The minimum absolute atomic E-state index is 0. The van der Waals surface area contributed by atoms with Crippen LogP contribution >= 0.6 is 39.9 Å². The van der Waals surface area contributed by atoms with E-state index < -0.39 is 0 Å². The lowest BCUT2D eigenvalue weighted by Crippen LogP contribution is -2.45. The van der Waals surface area contributed by atoms with Gasteiger partial charge in [0.2, 0.25) is 5.91 Å². The Morgan fingerprint density at radius 3 is 2.75 bits per heavy atom. The fourth-order valence-corrected chi connectivity index (χ4v) is 3.05. The van der Waals surface area contributed by atoms with Crippen molar-refractivity contribution >= 4 is 51.8 Å². The molecule has 0 bridgehead atoms. The molecule has 0 fully saturated rings. The maximum absolute atomic E-state index is 14.1. The highest BCUT2D eigenvalue weighted by atomic mass is 127. The van der Waals surface area contributed by atoms with Crippen molar-refractivity contribution in [3.8, 4) is 0 Å². The summed E-state index contributed by atoms with van der Waals surface area (Å²) in [6.07, 6.45) is 0.736. The summed E-state index contributed by atoms with van der Waals surface area (Å²) < 4.78 is 15.1. The monoisotopic (exact) mass is 512 g/mol. The van der Waals surface area contributed by atoms with Gasteiger partial charge < -0.3 is 15.1 Å². The Labute approximate surface area is 167 Å². The number of hydrogen-bond donors (Lipinski definition) is 1. The van der Waals surface area contributed by atoms with Crippen molar-refractivity contribution in [2.45, 2.75) is 19.9 Å². The van der Waals surface area contributed by atoms with E-state index in [9.17, 15) is 9.18 Å². The molecule has 1 aromatic carbocycles. The summed E-state index contributed by atoms with van der Waals surface area (Å²) in [7, 11) is 3.41. The van der Waals surface area contributed by atoms with Gasteiger partial charge in [-0.2, -0.15) is 0 Å². The molecule has 0 spiro atoms.